The zero-order valence-electron chi connectivity index (χ0n) is 16.6. The maximum atomic E-state index is 14.6. The number of halogens is 2. The molecule has 0 spiro atoms. The number of benzene rings is 3. The largest absolute Gasteiger partial charge is 0.381 e. The number of para-hydroxylation sites is 1. The highest BCUT2D eigenvalue weighted by Gasteiger charge is 2.23. The van der Waals surface area contributed by atoms with E-state index < -0.39 is 43.6 Å². The van der Waals surface area contributed by atoms with Crippen molar-refractivity contribution < 1.29 is 30.7 Å². The van der Waals surface area contributed by atoms with Gasteiger partial charge < -0.3 is 9.50 Å². The van der Waals surface area contributed by atoms with Crippen LogP contribution in [0.15, 0.2) is 65.6 Å². The SMILES string of the molecule is Cc1cc(Nc2cc(F)c(OS(=O)N(Cl)c3ccccc3)cc2[N+](=O)[O-])ccc1S(=O)(=O)O. The van der Waals surface area contributed by atoms with E-state index in [0.29, 0.717) is 3.82 Å². The number of hydrogen-bond donors (Lipinski definition) is 2. The predicted octanol–water partition coefficient (Wildman–Crippen LogP) is 4.65. The van der Waals surface area contributed by atoms with Crippen LogP contribution < -0.4 is 13.3 Å². The fourth-order valence-corrected chi connectivity index (χ4v) is 4.31. The van der Waals surface area contributed by atoms with E-state index in [4.69, 9.17) is 16.0 Å². The summed E-state index contributed by atoms with van der Waals surface area (Å²) in [7, 11) is -4.45. The monoisotopic (exact) mass is 515 g/mol. The third-order valence-corrected chi connectivity index (χ3v) is 6.57. The van der Waals surface area contributed by atoms with Crippen molar-refractivity contribution in [1.82, 2.24) is 0 Å². The molecule has 0 aromatic heterocycles. The van der Waals surface area contributed by atoms with Gasteiger partial charge in [-0.25, -0.2) is 4.39 Å². The Bertz CT molecular complexity index is 1340. The van der Waals surface area contributed by atoms with Gasteiger partial charge in [0.05, 0.1) is 21.6 Å². The first-order valence-electron chi connectivity index (χ1n) is 8.91. The van der Waals surface area contributed by atoms with Crippen LogP contribution in [0.2, 0.25) is 0 Å². The third kappa shape index (κ3) is 5.76. The van der Waals surface area contributed by atoms with Crippen LogP contribution in [0.4, 0.5) is 27.1 Å². The quantitative estimate of drug-likeness (QED) is 0.191. The second-order valence-electron chi connectivity index (χ2n) is 6.52. The van der Waals surface area contributed by atoms with Gasteiger partial charge in [0.15, 0.2) is 11.6 Å². The third-order valence-electron chi connectivity index (χ3n) is 4.23. The van der Waals surface area contributed by atoms with Crippen molar-refractivity contribution in [3.05, 3.63) is 82.2 Å². The van der Waals surface area contributed by atoms with E-state index in [1.807, 2.05) is 0 Å². The van der Waals surface area contributed by atoms with E-state index in [-0.39, 0.29) is 27.5 Å². The van der Waals surface area contributed by atoms with Crippen LogP contribution in [0.1, 0.15) is 5.56 Å². The standard InChI is InChI=1S/C19H15ClFN3O7S2/c1-12-9-13(7-8-19(12)33(28,29)30)22-16-10-15(21)18(11-17(16)24(25)26)31-32(27)23(20)14-5-3-2-4-6-14/h2-11,22H,1H3,(H,28,29,30). The van der Waals surface area contributed by atoms with E-state index in [1.165, 1.54) is 31.2 Å². The molecule has 0 heterocycles. The molecule has 0 bridgehead atoms. The maximum absolute atomic E-state index is 14.6. The molecule has 0 saturated heterocycles. The first-order valence-corrected chi connectivity index (χ1v) is 11.7. The predicted molar refractivity (Wildman–Crippen MR) is 121 cm³/mol. The van der Waals surface area contributed by atoms with E-state index >= 15 is 0 Å². The number of aryl methyl sites for hydroxylation is 1. The molecule has 0 aliphatic heterocycles. The second kappa shape index (κ2) is 9.70. The Morgan fingerprint density at radius 2 is 1.85 bits per heavy atom. The van der Waals surface area contributed by atoms with Crippen LogP contribution in [-0.2, 0) is 21.4 Å². The lowest BCUT2D eigenvalue weighted by Crippen LogP contribution is -2.19. The highest BCUT2D eigenvalue weighted by atomic mass is 35.5. The minimum absolute atomic E-state index is 0.157. The number of nitro benzene ring substituents is 1. The highest BCUT2D eigenvalue weighted by molar-refractivity contribution is 7.86. The lowest BCUT2D eigenvalue weighted by atomic mass is 10.2. The van der Waals surface area contributed by atoms with Gasteiger partial charge in [-0.3, -0.25) is 14.7 Å². The highest BCUT2D eigenvalue weighted by Crippen LogP contribution is 2.35. The second-order valence-corrected chi connectivity index (χ2v) is 9.41. The molecule has 2 N–H and O–H groups in total. The maximum Gasteiger partial charge on any atom is 0.334 e. The Kier molecular flexibility index (Phi) is 7.17. The topological polar surface area (TPSA) is 139 Å². The van der Waals surface area contributed by atoms with Gasteiger partial charge in [-0.1, -0.05) is 18.2 Å². The van der Waals surface area contributed by atoms with Crippen LogP contribution in [0.3, 0.4) is 0 Å². The van der Waals surface area contributed by atoms with Gasteiger partial charge in [0.2, 0.25) is 0 Å². The number of rotatable bonds is 8. The molecular formula is C19H15ClFN3O7S2. The Morgan fingerprint density at radius 1 is 1.18 bits per heavy atom. The van der Waals surface area contributed by atoms with E-state index in [2.05, 4.69) is 5.32 Å². The number of hydrogen-bond acceptors (Lipinski definition) is 7. The number of anilines is 3. The van der Waals surface area contributed by atoms with Gasteiger partial charge in [0, 0.05) is 23.5 Å². The molecular weight excluding hydrogens is 501 g/mol. The van der Waals surface area contributed by atoms with Gasteiger partial charge in [0.1, 0.15) is 5.69 Å². The zero-order valence-corrected chi connectivity index (χ0v) is 19.0. The van der Waals surface area contributed by atoms with Gasteiger partial charge in [-0.05, 0) is 42.8 Å². The van der Waals surface area contributed by atoms with Crippen molar-refractivity contribution >= 4 is 55.9 Å². The molecule has 0 radical (unpaired) electrons. The summed E-state index contributed by atoms with van der Waals surface area (Å²) in [6, 6.07) is 13.1. The summed E-state index contributed by atoms with van der Waals surface area (Å²) in [5.74, 6) is -1.74. The van der Waals surface area contributed by atoms with Gasteiger partial charge in [-0.2, -0.15) is 16.5 Å². The van der Waals surface area contributed by atoms with Gasteiger partial charge in [-0.15, -0.1) is 0 Å². The molecule has 3 rings (SSSR count). The minimum Gasteiger partial charge on any atom is -0.381 e. The molecule has 3 aromatic carbocycles. The number of nitrogens with zero attached hydrogens (tertiary/aromatic N) is 2. The van der Waals surface area contributed by atoms with Crippen LogP contribution in [-0.4, -0.2) is 22.1 Å². The summed E-state index contributed by atoms with van der Waals surface area (Å²) in [6.45, 7) is 1.40. The summed E-state index contributed by atoms with van der Waals surface area (Å²) in [4.78, 5) is 10.4. The van der Waals surface area contributed by atoms with Gasteiger partial charge in [0.25, 0.3) is 15.8 Å². The van der Waals surface area contributed by atoms with Crippen molar-refractivity contribution in [3.63, 3.8) is 0 Å². The Balaban J connectivity index is 1.89. The van der Waals surface area contributed by atoms with E-state index in [1.54, 1.807) is 18.2 Å². The summed E-state index contributed by atoms with van der Waals surface area (Å²) in [5.41, 5.74) is -0.254. The Labute approximate surface area is 195 Å². The molecule has 14 heteroatoms. The lowest BCUT2D eigenvalue weighted by Gasteiger charge is -2.15. The molecule has 0 fully saturated rings. The first-order chi connectivity index (χ1) is 15.5. The minimum atomic E-state index is -4.45. The molecule has 0 aliphatic carbocycles. The molecule has 0 aliphatic rings. The van der Waals surface area contributed by atoms with Crippen LogP contribution in [0, 0.1) is 22.9 Å². The molecule has 174 valence electrons. The van der Waals surface area contributed by atoms with E-state index in [9.17, 15) is 31.7 Å². The average molecular weight is 516 g/mol. The number of nitrogens with one attached hydrogen (secondary N) is 1. The van der Waals surface area contributed by atoms with Crippen molar-refractivity contribution in [2.75, 3.05) is 9.14 Å². The van der Waals surface area contributed by atoms with Crippen LogP contribution >= 0.6 is 11.8 Å². The molecule has 1 unspecified atom stereocenters. The lowest BCUT2D eigenvalue weighted by molar-refractivity contribution is -0.384. The summed E-state index contributed by atoms with van der Waals surface area (Å²) < 4.78 is 64.5. The first kappa shape index (κ1) is 24.4. The molecule has 1 atom stereocenters. The Hall–Kier alpha value is -3.26. The zero-order chi connectivity index (χ0) is 24.3. The Morgan fingerprint density at radius 3 is 2.42 bits per heavy atom. The summed E-state index contributed by atoms with van der Waals surface area (Å²) >= 11 is 3.52. The molecule has 33 heavy (non-hydrogen) atoms. The van der Waals surface area contributed by atoms with Crippen molar-refractivity contribution in [2.24, 2.45) is 0 Å². The van der Waals surface area contributed by atoms with Crippen molar-refractivity contribution in [3.8, 4) is 5.75 Å². The summed E-state index contributed by atoms with van der Waals surface area (Å²) in [6.07, 6.45) is 0. The summed E-state index contributed by atoms with van der Waals surface area (Å²) in [5, 5.41) is 14.1. The van der Waals surface area contributed by atoms with Crippen molar-refractivity contribution in [1.29, 1.82) is 0 Å². The molecule has 0 saturated carbocycles. The van der Waals surface area contributed by atoms with Crippen LogP contribution in [0.25, 0.3) is 0 Å². The smallest absolute Gasteiger partial charge is 0.334 e. The van der Waals surface area contributed by atoms with Crippen LogP contribution in [0.5, 0.6) is 5.75 Å². The average Bonchev–Trinajstić information content (AvgIpc) is 2.74. The fourth-order valence-electron chi connectivity index (χ4n) is 2.77. The molecule has 0 amide bonds. The number of nitro groups is 1. The van der Waals surface area contributed by atoms with Gasteiger partial charge >= 0.3 is 11.3 Å². The normalized spacial score (nSPS) is 12.1. The fraction of sp³-hybridized carbons (Fsp3) is 0.0526. The molecule has 3 aromatic rings. The molecule has 10 nitrogen and oxygen atoms in total. The van der Waals surface area contributed by atoms with E-state index in [0.717, 1.165) is 18.2 Å². The van der Waals surface area contributed by atoms with Crippen molar-refractivity contribution in [2.45, 2.75) is 11.8 Å².